The van der Waals surface area contributed by atoms with Gasteiger partial charge in [0.2, 0.25) is 0 Å². The first kappa shape index (κ1) is 19.7. The SMILES string of the molecule is CCCCCCCCCc1ccc(C#Cc2ccc(C#N)cc2F)cc1. The quantitative estimate of drug-likeness (QED) is 0.401. The van der Waals surface area contributed by atoms with Gasteiger partial charge in [0.25, 0.3) is 0 Å². The smallest absolute Gasteiger partial charge is 0.140 e. The van der Waals surface area contributed by atoms with E-state index in [0.29, 0.717) is 11.1 Å². The first-order chi connectivity index (χ1) is 12.7. The number of aryl methyl sites for hydroxylation is 1. The zero-order chi connectivity index (χ0) is 18.6. The lowest BCUT2D eigenvalue weighted by Gasteiger charge is -2.02. The fourth-order valence-electron chi connectivity index (χ4n) is 2.87. The molecular formula is C24H26FN. The molecule has 0 aliphatic carbocycles. The van der Waals surface area contributed by atoms with E-state index >= 15 is 0 Å². The van der Waals surface area contributed by atoms with Crippen LogP contribution in [0.3, 0.4) is 0 Å². The molecule has 0 aliphatic rings. The Labute approximate surface area is 156 Å². The van der Waals surface area contributed by atoms with Crippen molar-refractivity contribution in [3.05, 3.63) is 70.5 Å². The van der Waals surface area contributed by atoms with Gasteiger partial charge in [-0.1, -0.05) is 69.4 Å². The van der Waals surface area contributed by atoms with E-state index in [-0.39, 0.29) is 0 Å². The standard InChI is InChI=1S/C24H26FN/c1-2-3-4-5-6-7-8-9-20-10-12-21(13-11-20)14-16-23-17-15-22(19-26)18-24(23)25/h10-13,15,17-18H,2-9H2,1H3. The van der Waals surface area contributed by atoms with Crippen molar-refractivity contribution >= 4 is 0 Å². The molecule has 2 heteroatoms. The molecule has 0 saturated carbocycles. The second-order valence-electron chi connectivity index (χ2n) is 6.62. The molecule has 0 spiro atoms. The molecule has 0 N–H and O–H groups in total. The summed E-state index contributed by atoms with van der Waals surface area (Å²) < 4.78 is 13.8. The predicted octanol–water partition coefficient (Wildman–Crippen LogP) is 6.39. The van der Waals surface area contributed by atoms with E-state index in [1.165, 1.54) is 56.6 Å². The van der Waals surface area contributed by atoms with Crippen LogP contribution < -0.4 is 0 Å². The monoisotopic (exact) mass is 347 g/mol. The van der Waals surface area contributed by atoms with Gasteiger partial charge in [-0.05, 0) is 48.7 Å². The summed E-state index contributed by atoms with van der Waals surface area (Å²) in [5.74, 6) is 5.38. The second kappa shape index (κ2) is 11.1. The molecule has 2 rings (SSSR count). The average Bonchev–Trinajstić information content (AvgIpc) is 2.67. The Balaban J connectivity index is 1.82. The van der Waals surface area contributed by atoms with Gasteiger partial charge in [0.15, 0.2) is 0 Å². The number of nitrogens with zero attached hydrogens (tertiary/aromatic N) is 1. The van der Waals surface area contributed by atoms with Crippen molar-refractivity contribution in [2.45, 2.75) is 58.3 Å². The van der Waals surface area contributed by atoms with E-state index in [9.17, 15) is 4.39 Å². The van der Waals surface area contributed by atoms with E-state index < -0.39 is 5.82 Å². The van der Waals surface area contributed by atoms with Crippen molar-refractivity contribution in [1.29, 1.82) is 5.26 Å². The van der Waals surface area contributed by atoms with E-state index in [1.54, 1.807) is 12.1 Å². The highest BCUT2D eigenvalue weighted by atomic mass is 19.1. The third-order valence-electron chi connectivity index (χ3n) is 4.46. The minimum absolute atomic E-state index is 0.308. The molecule has 0 amide bonds. The van der Waals surface area contributed by atoms with Gasteiger partial charge in [-0.2, -0.15) is 5.26 Å². The topological polar surface area (TPSA) is 23.8 Å². The molecule has 0 radical (unpaired) electrons. The minimum Gasteiger partial charge on any atom is -0.206 e. The van der Waals surface area contributed by atoms with Crippen molar-refractivity contribution in [2.24, 2.45) is 0 Å². The molecular weight excluding hydrogens is 321 g/mol. The molecule has 1 nitrogen and oxygen atoms in total. The maximum absolute atomic E-state index is 13.8. The van der Waals surface area contributed by atoms with Crippen LogP contribution in [0, 0.1) is 29.0 Å². The highest BCUT2D eigenvalue weighted by molar-refractivity contribution is 5.46. The molecule has 0 aliphatic heterocycles. The normalized spacial score (nSPS) is 10.0. The van der Waals surface area contributed by atoms with Gasteiger partial charge in [-0.25, -0.2) is 4.39 Å². The highest BCUT2D eigenvalue weighted by Gasteiger charge is 2.00. The van der Waals surface area contributed by atoms with Crippen molar-refractivity contribution in [3.8, 4) is 17.9 Å². The Morgan fingerprint density at radius 2 is 1.46 bits per heavy atom. The van der Waals surface area contributed by atoms with Gasteiger partial charge < -0.3 is 0 Å². The summed E-state index contributed by atoms with van der Waals surface area (Å²) in [7, 11) is 0. The van der Waals surface area contributed by atoms with E-state index in [0.717, 1.165) is 12.0 Å². The van der Waals surface area contributed by atoms with Gasteiger partial charge >= 0.3 is 0 Å². The van der Waals surface area contributed by atoms with Crippen molar-refractivity contribution in [3.63, 3.8) is 0 Å². The number of hydrogen-bond donors (Lipinski definition) is 0. The van der Waals surface area contributed by atoms with Crippen LogP contribution in [0.5, 0.6) is 0 Å². The van der Waals surface area contributed by atoms with Crippen LogP contribution in [0.25, 0.3) is 0 Å². The predicted molar refractivity (Wildman–Crippen MR) is 105 cm³/mol. The Bertz CT molecular complexity index is 788. The lowest BCUT2D eigenvalue weighted by atomic mass is 10.0. The second-order valence-corrected chi connectivity index (χ2v) is 6.62. The van der Waals surface area contributed by atoms with Crippen LogP contribution >= 0.6 is 0 Å². The summed E-state index contributed by atoms with van der Waals surface area (Å²) >= 11 is 0. The Hall–Kier alpha value is -2.58. The van der Waals surface area contributed by atoms with E-state index in [1.807, 2.05) is 18.2 Å². The number of halogens is 1. The van der Waals surface area contributed by atoms with Crippen LogP contribution in [-0.2, 0) is 6.42 Å². The summed E-state index contributed by atoms with van der Waals surface area (Å²) in [4.78, 5) is 0. The molecule has 0 atom stereocenters. The Morgan fingerprint density at radius 1 is 0.808 bits per heavy atom. The molecule has 0 unspecified atom stereocenters. The largest absolute Gasteiger partial charge is 0.206 e. The van der Waals surface area contributed by atoms with Crippen LogP contribution in [0.15, 0.2) is 42.5 Å². The van der Waals surface area contributed by atoms with Gasteiger partial charge in [-0.3, -0.25) is 0 Å². The summed E-state index contributed by atoms with van der Waals surface area (Å²) in [5.41, 5.74) is 2.82. The third-order valence-corrected chi connectivity index (χ3v) is 4.46. The molecule has 2 aromatic rings. The molecule has 134 valence electrons. The van der Waals surface area contributed by atoms with E-state index in [2.05, 4.69) is 30.9 Å². The highest BCUT2D eigenvalue weighted by Crippen LogP contribution is 2.12. The van der Waals surface area contributed by atoms with Gasteiger partial charge in [0.05, 0.1) is 17.2 Å². The summed E-state index contributed by atoms with van der Waals surface area (Å²) in [6.45, 7) is 2.24. The first-order valence-corrected chi connectivity index (χ1v) is 9.53. The number of rotatable bonds is 8. The fourth-order valence-corrected chi connectivity index (χ4v) is 2.87. The number of benzene rings is 2. The summed E-state index contributed by atoms with van der Waals surface area (Å²) in [6.07, 6.45) is 10.3. The maximum atomic E-state index is 13.8. The molecule has 26 heavy (non-hydrogen) atoms. The van der Waals surface area contributed by atoms with Crippen molar-refractivity contribution < 1.29 is 4.39 Å². The van der Waals surface area contributed by atoms with Crippen LogP contribution in [-0.4, -0.2) is 0 Å². The van der Waals surface area contributed by atoms with Crippen LogP contribution in [0.4, 0.5) is 4.39 Å². The lowest BCUT2D eigenvalue weighted by molar-refractivity contribution is 0.589. The number of nitriles is 1. The Kier molecular flexibility index (Phi) is 8.44. The molecule has 0 saturated heterocycles. The molecule has 0 fully saturated rings. The van der Waals surface area contributed by atoms with Gasteiger partial charge in [-0.15, -0.1) is 0 Å². The zero-order valence-corrected chi connectivity index (χ0v) is 15.5. The lowest BCUT2D eigenvalue weighted by Crippen LogP contribution is -1.88. The zero-order valence-electron chi connectivity index (χ0n) is 15.5. The molecule has 2 aromatic carbocycles. The van der Waals surface area contributed by atoms with Crippen molar-refractivity contribution in [2.75, 3.05) is 0 Å². The van der Waals surface area contributed by atoms with Gasteiger partial charge in [0.1, 0.15) is 5.82 Å². The summed E-state index contributed by atoms with van der Waals surface area (Å²) in [5, 5.41) is 8.76. The first-order valence-electron chi connectivity index (χ1n) is 9.53. The number of unbranched alkanes of at least 4 members (excludes halogenated alkanes) is 6. The minimum atomic E-state index is -0.452. The third kappa shape index (κ3) is 6.73. The summed E-state index contributed by atoms with van der Waals surface area (Å²) in [6, 6.07) is 14.5. The average molecular weight is 347 g/mol. The van der Waals surface area contributed by atoms with Crippen molar-refractivity contribution in [1.82, 2.24) is 0 Å². The fraction of sp³-hybridized carbons (Fsp3) is 0.375. The van der Waals surface area contributed by atoms with E-state index in [4.69, 9.17) is 5.26 Å². The maximum Gasteiger partial charge on any atom is 0.140 e. The molecule has 0 bridgehead atoms. The van der Waals surface area contributed by atoms with Gasteiger partial charge in [0, 0.05) is 5.56 Å². The van der Waals surface area contributed by atoms with Crippen LogP contribution in [0.2, 0.25) is 0 Å². The number of hydrogen-bond acceptors (Lipinski definition) is 1. The molecule has 0 aromatic heterocycles. The Morgan fingerprint density at radius 3 is 2.12 bits per heavy atom. The molecule has 0 heterocycles. The van der Waals surface area contributed by atoms with Crippen LogP contribution in [0.1, 0.15) is 74.1 Å².